The van der Waals surface area contributed by atoms with Crippen molar-refractivity contribution in [3.8, 4) is 0 Å². The van der Waals surface area contributed by atoms with Crippen LogP contribution < -0.4 is 5.73 Å². The maximum Gasteiger partial charge on any atom is 0.244 e. The van der Waals surface area contributed by atoms with Gasteiger partial charge < -0.3 is 10.6 Å². The SMILES string of the molecule is CC(C)N(C(=O)Cn1cc(CCCCN)nn1)C(C)C. The molecular weight excluding hydrogens is 254 g/mol. The van der Waals surface area contributed by atoms with Crippen LogP contribution >= 0.6 is 0 Å². The Morgan fingerprint density at radius 1 is 1.30 bits per heavy atom. The lowest BCUT2D eigenvalue weighted by Crippen LogP contribution is -2.43. The second kappa shape index (κ2) is 7.99. The number of unbranched alkanes of at least 4 members (excludes halogenated alkanes) is 1. The Bertz CT molecular complexity index is 405. The van der Waals surface area contributed by atoms with Gasteiger partial charge in [-0.15, -0.1) is 5.10 Å². The number of hydrogen-bond donors (Lipinski definition) is 1. The van der Waals surface area contributed by atoms with Gasteiger partial charge in [-0.05, 0) is 53.5 Å². The van der Waals surface area contributed by atoms with Gasteiger partial charge in [-0.3, -0.25) is 4.79 Å². The Labute approximate surface area is 121 Å². The number of carbonyl (C=O) groups excluding carboxylic acids is 1. The molecule has 0 unspecified atom stereocenters. The minimum atomic E-state index is 0.0772. The maximum atomic E-state index is 12.3. The third-order valence-corrected chi connectivity index (χ3v) is 3.17. The summed E-state index contributed by atoms with van der Waals surface area (Å²) in [5, 5.41) is 8.12. The molecule has 2 N–H and O–H groups in total. The highest BCUT2D eigenvalue weighted by Crippen LogP contribution is 2.07. The molecule has 0 saturated heterocycles. The highest BCUT2D eigenvalue weighted by atomic mass is 16.2. The summed E-state index contributed by atoms with van der Waals surface area (Å²) in [5.74, 6) is 0.0772. The van der Waals surface area contributed by atoms with Gasteiger partial charge in [0.05, 0.1) is 5.69 Å². The molecule has 0 radical (unpaired) electrons. The molecule has 0 aliphatic rings. The number of nitrogens with two attached hydrogens (primary N) is 1. The zero-order chi connectivity index (χ0) is 15.1. The van der Waals surface area contributed by atoms with Crippen LogP contribution in [0.25, 0.3) is 0 Å². The summed E-state index contributed by atoms with van der Waals surface area (Å²) in [4.78, 5) is 14.2. The normalized spacial score (nSPS) is 11.3. The fourth-order valence-electron chi connectivity index (χ4n) is 2.37. The molecule has 1 aromatic heterocycles. The Hall–Kier alpha value is -1.43. The van der Waals surface area contributed by atoms with Crippen LogP contribution in [0.2, 0.25) is 0 Å². The molecular formula is C14H27N5O. The fraction of sp³-hybridized carbons (Fsp3) is 0.786. The van der Waals surface area contributed by atoms with E-state index < -0.39 is 0 Å². The molecule has 1 aromatic rings. The van der Waals surface area contributed by atoms with Crippen molar-refractivity contribution in [2.45, 2.75) is 65.6 Å². The molecule has 0 spiro atoms. The molecule has 6 nitrogen and oxygen atoms in total. The predicted octanol–water partition coefficient (Wildman–Crippen LogP) is 1.20. The van der Waals surface area contributed by atoms with E-state index in [4.69, 9.17) is 5.73 Å². The first-order valence-corrected chi connectivity index (χ1v) is 7.36. The van der Waals surface area contributed by atoms with E-state index in [0.29, 0.717) is 6.54 Å². The number of hydrogen-bond acceptors (Lipinski definition) is 4. The first-order valence-electron chi connectivity index (χ1n) is 7.36. The molecule has 20 heavy (non-hydrogen) atoms. The Morgan fingerprint density at radius 2 is 1.95 bits per heavy atom. The van der Waals surface area contributed by atoms with Crippen molar-refractivity contribution in [2.75, 3.05) is 6.54 Å². The van der Waals surface area contributed by atoms with Crippen molar-refractivity contribution in [3.05, 3.63) is 11.9 Å². The van der Waals surface area contributed by atoms with Gasteiger partial charge in [0, 0.05) is 18.3 Å². The van der Waals surface area contributed by atoms with Gasteiger partial charge in [-0.1, -0.05) is 5.21 Å². The van der Waals surface area contributed by atoms with Crippen LogP contribution in [0.1, 0.15) is 46.2 Å². The molecule has 0 aliphatic heterocycles. The van der Waals surface area contributed by atoms with Crippen molar-refractivity contribution in [3.63, 3.8) is 0 Å². The highest BCUT2D eigenvalue weighted by molar-refractivity contribution is 5.76. The summed E-state index contributed by atoms with van der Waals surface area (Å²) in [6, 6.07) is 0.380. The van der Waals surface area contributed by atoms with Crippen molar-refractivity contribution in [1.29, 1.82) is 0 Å². The molecule has 0 aliphatic carbocycles. The average molecular weight is 281 g/mol. The van der Waals surface area contributed by atoms with Crippen LogP contribution in [0.5, 0.6) is 0 Å². The molecule has 0 fully saturated rings. The maximum absolute atomic E-state index is 12.3. The number of amides is 1. The summed E-state index contributed by atoms with van der Waals surface area (Å²) in [5.41, 5.74) is 6.39. The summed E-state index contributed by atoms with van der Waals surface area (Å²) in [7, 11) is 0. The smallest absolute Gasteiger partial charge is 0.244 e. The van der Waals surface area contributed by atoms with Gasteiger partial charge >= 0.3 is 0 Å². The van der Waals surface area contributed by atoms with E-state index in [-0.39, 0.29) is 24.5 Å². The van der Waals surface area contributed by atoms with Gasteiger partial charge in [0.2, 0.25) is 5.91 Å². The van der Waals surface area contributed by atoms with Gasteiger partial charge in [0.15, 0.2) is 0 Å². The van der Waals surface area contributed by atoms with E-state index in [1.54, 1.807) is 4.68 Å². The molecule has 0 bridgehead atoms. The van der Waals surface area contributed by atoms with Crippen LogP contribution in [0.3, 0.4) is 0 Å². The topological polar surface area (TPSA) is 77.0 Å². The van der Waals surface area contributed by atoms with Crippen LogP contribution in [0, 0.1) is 0 Å². The van der Waals surface area contributed by atoms with Crippen molar-refractivity contribution in [2.24, 2.45) is 5.73 Å². The largest absolute Gasteiger partial charge is 0.336 e. The summed E-state index contributed by atoms with van der Waals surface area (Å²) < 4.78 is 1.62. The highest BCUT2D eigenvalue weighted by Gasteiger charge is 2.20. The monoisotopic (exact) mass is 281 g/mol. The second-order valence-electron chi connectivity index (χ2n) is 5.64. The molecule has 0 atom stereocenters. The molecule has 6 heteroatoms. The molecule has 114 valence electrons. The average Bonchev–Trinajstić information content (AvgIpc) is 2.76. The van der Waals surface area contributed by atoms with E-state index in [0.717, 1.165) is 25.0 Å². The second-order valence-corrected chi connectivity index (χ2v) is 5.64. The minimum absolute atomic E-state index is 0.0772. The van der Waals surface area contributed by atoms with Crippen LogP contribution in [-0.2, 0) is 17.8 Å². The first-order chi connectivity index (χ1) is 9.45. The van der Waals surface area contributed by atoms with E-state index in [1.807, 2.05) is 38.8 Å². The molecule has 1 amide bonds. The van der Waals surface area contributed by atoms with Crippen LogP contribution in [0.15, 0.2) is 6.20 Å². The molecule has 1 rings (SSSR count). The number of carbonyl (C=O) groups is 1. The summed E-state index contributed by atoms with van der Waals surface area (Å²) in [6.07, 6.45) is 4.71. The minimum Gasteiger partial charge on any atom is -0.336 e. The Kier molecular flexibility index (Phi) is 6.64. The van der Waals surface area contributed by atoms with Crippen LogP contribution in [-0.4, -0.2) is 44.4 Å². The number of aryl methyl sites for hydroxylation is 1. The zero-order valence-corrected chi connectivity index (χ0v) is 13.0. The Balaban J connectivity index is 2.57. The number of aromatic nitrogens is 3. The third-order valence-electron chi connectivity index (χ3n) is 3.17. The van der Waals surface area contributed by atoms with E-state index in [9.17, 15) is 4.79 Å². The van der Waals surface area contributed by atoms with Crippen molar-refractivity contribution >= 4 is 5.91 Å². The molecule has 0 saturated carbocycles. The molecule has 0 aromatic carbocycles. The van der Waals surface area contributed by atoms with Gasteiger partial charge in [-0.2, -0.15) is 0 Å². The summed E-state index contributed by atoms with van der Waals surface area (Å²) >= 11 is 0. The molecule has 1 heterocycles. The van der Waals surface area contributed by atoms with E-state index in [2.05, 4.69) is 10.3 Å². The quantitative estimate of drug-likeness (QED) is 0.726. The fourth-order valence-corrected chi connectivity index (χ4v) is 2.37. The predicted molar refractivity (Wildman–Crippen MR) is 79.1 cm³/mol. The van der Waals surface area contributed by atoms with Crippen molar-refractivity contribution < 1.29 is 4.79 Å². The van der Waals surface area contributed by atoms with Gasteiger partial charge in [0.1, 0.15) is 6.54 Å². The van der Waals surface area contributed by atoms with E-state index in [1.165, 1.54) is 0 Å². The van der Waals surface area contributed by atoms with Crippen molar-refractivity contribution in [1.82, 2.24) is 19.9 Å². The lowest BCUT2D eigenvalue weighted by atomic mass is 10.2. The lowest BCUT2D eigenvalue weighted by Gasteiger charge is -2.30. The van der Waals surface area contributed by atoms with E-state index >= 15 is 0 Å². The first kappa shape index (κ1) is 16.6. The van der Waals surface area contributed by atoms with Gasteiger partial charge in [-0.25, -0.2) is 4.68 Å². The Morgan fingerprint density at radius 3 is 2.50 bits per heavy atom. The zero-order valence-electron chi connectivity index (χ0n) is 13.0. The van der Waals surface area contributed by atoms with Crippen LogP contribution in [0.4, 0.5) is 0 Å². The lowest BCUT2D eigenvalue weighted by molar-refractivity contribution is -0.135. The van der Waals surface area contributed by atoms with Gasteiger partial charge in [0.25, 0.3) is 0 Å². The number of nitrogens with zero attached hydrogens (tertiary/aromatic N) is 4. The number of rotatable bonds is 8. The standard InChI is InChI=1S/C14H27N5O/c1-11(2)19(12(3)4)14(20)10-18-9-13(16-17-18)7-5-6-8-15/h9,11-12H,5-8,10,15H2,1-4H3. The summed E-state index contributed by atoms with van der Waals surface area (Å²) in [6.45, 7) is 9.05. The third kappa shape index (κ3) is 4.92.